The van der Waals surface area contributed by atoms with Gasteiger partial charge in [0.05, 0.1) is 26.4 Å². The maximum Gasteiger partial charge on any atom is 0.187 e. The molecule has 4 heterocycles. The molecule has 17 atom stereocenters. The molecule has 18 heteroatoms. The fourth-order valence-electron chi connectivity index (χ4n) is 4.91. The van der Waals surface area contributed by atoms with Crippen LogP contribution in [0.25, 0.3) is 0 Å². The minimum atomic E-state index is -1.77. The van der Waals surface area contributed by atoms with Gasteiger partial charge in [0.2, 0.25) is 0 Å². The lowest BCUT2D eigenvalue weighted by molar-refractivity contribution is -0.274. The van der Waals surface area contributed by atoms with E-state index in [1.165, 1.54) is 0 Å². The highest BCUT2D eigenvalue weighted by Crippen LogP contribution is 2.36. The highest BCUT2D eigenvalue weighted by molar-refractivity contribution is 4.97. The first kappa shape index (κ1) is 31.2. The topological polar surface area (TPSA) is 287 Å². The molecule has 0 spiro atoms. The Labute approximate surface area is 221 Å². The molecule has 0 aliphatic carbocycles. The summed E-state index contributed by atoms with van der Waals surface area (Å²) in [5, 5.41) is 110. The maximum absolute atomic E-state index is 10.9. The number of hydrogen-bond donors (Lipinski definition) is 11. The quantitative estimate of drug-likeness (QED) is 0.109. The number of rotatable bonds is 11. The van der Waals surface area contributed by atoms with Crippen LogP contribution in [0.15, 0.2) is 0 Å². The van der Waals surface area contributed by atoms with Gasteiger partial charge in [-0.1, -0.05) is 0 Å². The summed E-state index contributed by atoms with van der Waals surface area (Å²) in [7, 11) is 0. The van der Waals surface area contributed by atoms with Gasteiger partial charge in [0.25, 0.3) is 0 Å². The molecular weight excluding hydrogens is 540 g/mol. The summed E-state index contributed by atoms with van der Waals surface area (Å²) in [6, 6.07) is 0. The van der Waals surface area contributed by atoms with Crippen molar-refractivity contribution in [1.29, 1.82) is 0 Å². The second-order valence-corrected chi connectivity index (χ2v) is 9.67. The summed E-state index contributed by atoms with van der Waals surface area (Å²) in [6.45, 7) is -2.85. The summed E-state index contributed by atoms with van der Waals surface area (Å²) in [5.41, 5.74) is 0. The molecule has 4 aliphatic rings. The van der Waals surface area contributed by atoms with Gasteiger partial charge in [-0.3, -0.25) is 0 Å². The first-order valence-electron chi connectivity index (χ1n) is 12.3. The lowest BCUT2D eigenvalue weighted by Crippen LogP contribution is -2.48. The van der Waals surface area contributed by atoms with Crippen molar-refractivity contribution in [2.24, 2.45) is 0 Å². The third-order valence-electron chi connectivity index (χ3n) is 7.14. The van der Waals surface area contributed by atoms with Gasteiger partial charge in [-0.05, 0) is 0 Å². The molecule has 4 saturated heterocycles. The average molecular weight is 577 g/mol. The third-order valence-corrected chi connectivity index (χ3v) is 7.14. The zero-order chi connectivity index (χ0) is 28.6. The fourth-order valence-corrected chi connectivity index (χ4v) is 4.91. The standard InChI is InChI=1S/C21H36O18/c22-1-5(26)14-15(37-19-12(30)9(27)6(2-23)34-19)13(31)20(36-14)39-17-11(29)8(4-25)35-21(17)38-16-10(28)7(3-24)33-18(16)32/h5-32H,1-4H2/t5-,6+,7+,8+,9+,10+,11+,12-,13-,14+,15-,16-,17-,18-,19+,20+,21-/m1/s1. The molecule has 0 unspecified atom stereocenters. The largest absolute Gasteiger partial charge is 0.394 e. The molecular formula is C21H36O18. The van der Waals surface area contributed by atoms with Gasteiger partial charge in [0.15, 0.2) is 25.2 Å². The zero-order valence-corrected chi connectivity index (χ0v) is 20.4. The molecule has 0 radical (unpaired) electrons. The Morgan fingerprint density at radius 2 is 1.00 bits per heavy atom. The lowest BCUT2D eigenvalue weighted by atomic mass is 10.1. The molecule has 0 saturated carbocycles. The van der Waals surface area contributed by atoms with E-state index in [1.54, 1.807) is 0 Å². The summed E-state index contributed by atoms with van der Waals surface area (Å²) in [5.74, 6) is 0. The zero-order valence-electron chi connectivity index (χ0n) is 20.4. The van der Waals surface area contributed by atoms with Crippen molar-refractivity contribution in [1.82, 2.24) is 0 Å². The Morgan fingerprint density at radius 3 is 1.56 bits per heavy atom. The summed E-state index contributed by atoms with van der Waals surface area (Å²) in [6.07, 6.45) is -25.9. The normalized spacial score (nSPS) is 51.2. The van der Waals surface area contributed by atoms with Gasteiger partial charge in [-0.15, -0.1) is 0 Å². The van der Waals surface area contributed by atoms with Crippen molar-refractivity contribution in [2.45, 2.75) is 105 Å². The molecule has 228 valence electrons. The second kappa shape index (κ2) is 13.1. The number of aliphatic hydroxyl groups is 11. The molecule has 0 aromatic rings. The first-order valence-corrected chi connectivity index (χ1v) is 12.3. The Kier molecular flexibility index (Phi) is 10.5. The molecule has 0 aromatic carbocycles. The van der Waals surface area contributed by atoms with Gasteiger partial charge in [-0.25, -0.2) is 0 Å². The smallest absolute Gasteiger partial charge is 0.187 e. The minimum Gasteiger partial charge on any atom is -0.394 e. The molecule has 39 heavy (non-hydrogen) atoms. The van der Waals surface area contributed by atoms with Crippen LogP contribution in [0.2, 0.25) is 0 Å². The molecule has 18 nitrogen and oxygen atoms in total. The van der Waals surface area contributed by atoms with Crippen LogP contribution >= 0.6 is 0 Å². The number of ether oxygens (including phenoxy) is 7. The SMILES string of the molecule is OC[C@@H](O)[C@@H]1O[C@@H](O[C@H]2[C@@H](O[C@@H]3[C@@H](O)[C@H](CO)O[C@H]3O)O[C@@H](CO)[C@@H]2O)[C@H](O)[C@H]1O[C@@H]1O[C@@H](CO)[C@H](O)[C@H]1O. The minimum absolute atomic E-state index is 0.640. The monoisotopic (exact) mass is 576 g/mol. The van der Waals surface area contributed by atoms with Crippen molar-refractivity contribution >= 4 is 0 Å². The van der Waals surface area contributed by atoms with Crippen LogP contribution in [0.4, 0.5) is 0 Å². The Balaban J connectivity index is 1.49. The number of aliphatic hydroxyl groups excluding tert-OH is 11. The fraction of sp³-hybridized carbons (Fsp3) is 1.00. The summed E-state index contributed by atoms with van der Waals surface area (Å²) in [4.78, 5) is 0. The van der Waals surface area contributed by atoms with E-state index in [0.29, 0.717) is 0 Å². The Morgan fingerprint density at radius 1 is 0.513 bits per heavy atom. The van der Waals surface area contributed by atoms with Crippen LogP contribution in [0.1, 0.15) is 0 Å². The molecule has 4 rings (SSSR count). The van der Waals surface area contributed by atoms with Crippen LogP contribution in [-0.4, -0.2) is 187 Å². The lowest BCUT2D eigenvalue weighted by Gasteiger charge is -2.29. The van der Waals surface area contributed by atoms with Crippen molar-refractivity contribution in [3.05, 3.63) is 0 Å². The van der Waals surface area contributed by atoms with Crippen LogP contribution in [0.3, 0.4) is 0 Å². The van der Waals surface area contributed by atoms with E-state index in [2.05, 4.69) is 0 Å². The molecule has 0 amide bonds. The van der Waals surface area contributed by atoms with E-state index in [1.807, 2.05) is 0 Å². The van der Waals surface area contributed by atoms with Gasteiger partial charge < -0.3 is 89.3 Å². The first-order chi connectivity index (χ1) is 18.6. The summed E-state index contributed by atoms with van der Waals surface area (Å²) < 4.78 is 38.0. The molecule has 4 fully saturated rings. The number of hydrogen-bond acceptors (Lipinski definition) is 18. The van der Waals surface area contributed by atoms with Crippen molar-refractivity contribution in [2.75, 3.05) is 26.4 Å². The third kappa shape index (κ3) is 6.09. The van der Waals surface area contributed by atoms with E-state index >= 15 is 0 Å². The predicted molar refractivity (Wildman–Crippen MR) is 116 cm³/mol. The van der Waals surface area contributed by atoms with Crippen molar-refractivity contribution < 1.29 is 89.3 Å². The highest BCUT2D eigenvalue weighted by Gasteiger charge is 2.56. The van der Waals surface area contributed by atoms with E-state index < -0.39 is 131 Å². The molecule has 11 N–H and O–H groups in total. The van der Waals surface area contributed by atoms with Crippen LogP contribution in [-0.2, 0) is 33.2 Å². The average Bonchev–Trinajstić information content (AvgIpc) is 3.59. The van der Waals surface area contributed by atoms with Crippen LogP contribution < -0.4 is 0 Å². The molecule has 4 aliphatic heterocycles. The second-order valence-electron chi connectivity index (χ2n) is 9.67. The van der Waals surface area contributed by atoms with Gasteiger partial charge in [0, 0.05) is 0 Å². The Hall–Kier alpha value is -0.720. The predicted octanol–water partition coefficient (Wildman–Crippen LogP) is -7.83. The maximum atomic E-state index is 10.9. The van der Waals surface area contributed by atoms with Crippen LogP contribution in [0.5, 0.6) is 0 Å². The molecule has 0 bridgehead atoms. The highest BCUT2D eigenvalue weighted by atomic mass is 16.8. The van der Waals surface area contributed by atoms with Crippen molar-refractivity contribution in [3.63, 3.8) is 0 Å². The van der Waals surface area contributed by atoms with Gasteiger partial charge >= 0.3 is 0 Å². The Bertz CT molecular complexity index is 777. The van der Waals surface area contributed by atoms with E-state index in [4.69, 9.17) is 33.2 Å². The van der Waals surface area contributed by atoms with Gasteiger partial charge in [-0.2, -0.15) is 0 Å². The van der Waals surface area contributed by atoms with E-state index in [9.17, 15) is 56.2 Å². The van der Waals surface area contributed by atoms with E-state index in [-0.39, 0.29) is 0 Å². The summed E-state index contributed by atoms with van der Waals surface area (Å²) >= 11 is 0. The van der Waals surface area contributed by atoms with Gasteiger partial charge in [0.1, 0.15) is 79.4 Å². The van der Waals surface area contributed by atoms with E-state index in [0.717, 1.165) is 0 Å². The van der Waals surface area contributed by atoms with Crippen molar-refractivity contribution in [3.8, 4) is 0 Å². The van der Waals surface area contributed by atoms with Crippen LogP contribution in [0, 0.1) is 0 Å². The molecule has 0 aromatic heterocycles.